The molecular formula is C27H31N5O5S. The van der Waals surface area contributed by atoms with Crippen molar-refractivity contribution in [3.8, 4) is 0 Å². The molecule has 2 N–H and O–H groups in total. The fraction of sp³-hybridized carbons (Fsp3) is 0.370. The Morgan fingerprint density at radius 1 is 1.11 bits per heavy atom. The number of Topliss-reactive ketones (excluding diaryl/α,β-unsaturated/α-hetero) is 1. The van der Waals surface area contributed by atoms with E-state index in [2.05, 4.69) is 20.6 Å². The van der Waals surface area contributed by atoms with Crippen molar-refractivity contribution in [3.05, 3.63) is 66.6 Å². The van der Waals surface area contributed by atoms with Crippen LogP contribution in [0.15, 0.2) is 66.0 Å². The summed E-state index contributed by atoms with van der Waals surface area (Å²) >= 11 is 0. The van der Waals surface area contributed by atoms with Crippen LogP contribution in [0.5, 0.6) is 0 Å². The molecule has 10 nitrogen and oxygen atoms in total. The number of nitrogens with one attached hydrogen (secondary N) is 2. The molecule has 3 heterocycles. The highest BCUT2D eigenvalue weighted by molar-refractivity contribution is 7.89. The molecule has 0 aliphatic carbocycles. The summed E-state index contributed by atoms with van der Waals surface area (Å²) in [4.78, 5) is 48.5. The van der Waals surface area contributed by atoms with Gasteiger partial charge in [-0.25, -0.2) is 9.29 Å². The number of pyridine rings is 2. The molecule has 11 heteroatoms. The van der Waals surface area contributed by atoms with Gasteiger partial charge in [0.05, 0.1) is 6.54 Å². The standard InChI is InChI=1S/C27H31N5O5S/c1-18(2)14-22(31-26(34)21-15-19-8-3-4-9-20(19)16-30-21)27(35)32(23-10-7-12-28-17-24(23)33)38(36,37)25-11-5-6-13-29-25/h3-6,8-9,11,13,15-16,18,22-23,28H,7,10,12,14,17H2,1-2H3,(H,31,34)/t22?,23-/m0/s1. The molecule has 2 aromatic heterocycles. The minimum Gasteiger partial charge on any atom is -0.339 e. The Morgan fingerprint density at radius 2 is 1.84 bits per heavy atom. The fourth-order valence-corrected chi connectivity index (χ4v) is 6.05. The number of hydrogen-bond acceptors (Lipinski definition) is 8. The average Bonchev–Trinajstić information content (AvgIpc) is 3.12. The summed E-state index contributed by atoms with van der Waals surface area (Å²) in [5.74, 6) is -1.97. The van der Waals surface area contributed by atoms with Gasteiger partial charge in [0.1, 0.15) is 17.8 Å². The van der Waals surface area contributed by atoms with E-state index in [1.807, 2.05) is 38.1 Å². The van der Waals surface area contributed by atoms with Gasteiger partial charge in [-0.05, 0) is 55.3 Å². The summed E-state index contributed by atoms with van der Waals surface area (Å²) < 4.78 is 28.2. The molecule has 38 heavy (non-hydrogen) atoms. The normalized spacial score (nSPS) is 17.1. The number of ketones is 1. The zero-order chi connectivity index (χ0) is 27.3. The van der Waals surface area contributed by atoms with Crippen LogP contribution in [0.2, 0.25) is 0 Å². The molecule has 1 unspecified atom stereocenters. The Hall–Kier alpha value is -3.70. The summed E-state index contributed by atoms with van der Waals surface area (Å²) in [5, 5.41) is 6.98. The number of nitrogens with zero attached hydrogens (tertiary/aromatic N) is 3. The molecule has 200 valence electrons. The number of sulfonamides is 1. The third-order valence-corrected chi connectivity index (χ3v) is 8.06. The number of hydrogen-bond donors (Lipinski definition) is 2. The molecule has 1 aromatic carbocycles. The molecular weight excluding hydrogens is 506 g/mol. The number of aromatic nitrogens is 2. The van der Waals surface area contributed by atoms with Crippen molar-refractivity contribution in [3.63, 3.8) is 0 Å². The zero-order valence-electron chi connectivity index (χ0n) is 21.3. The van der Waals surface area contributed by atoms with Crippen LogP contribution < -0.4 is 10.6 Å². The number of fused-ring (bicyclic) bond motifs is 1. The minimum atomic E-state index is -4.50. The molecule has 0 saturated carbocycles. The van der Waals surface area contributed by atoms with Crippen molar-refractivity contribution in [2.24, 2.45) is 5.92 Å². The van der Waals surface area contributed by atoms with E-state index in [4.69, 9.17) is 0 Å². The van der Waals surface area contributed by atoms with Crippen LogP contribution in [0, 0.1) is 5.92 Å². The molecule has 3 aromatic rings. The number of rotatable bonds is 8. The van der Waals surface area contributed by atoms with Gasteiger partial charge in [-0.3, -0.25) is 19.4 Å². The van der Waals surface area contributed by atoms with Crippen LogP contribution in [0.3, 0.4) is 0 Å². The second kappa shape index (κ2) is 11.8. The quantitative estimate of drug-likeness (QED) is 0.446. The lowest BCUT2D eigenvalue weighted by molar-refractivity contribution is -0.135. The van der Waals surface area contributed by atoms with Gasteiger partial charge in [0, 0.05) is 17.8 Å². The van der Waals surface area contributed by atoms with Crippen molar-refractivity contribution in [2.75, 3.05) is 13.1 Å². The van der Waals surface area contributed by atoms with Crippen LogP contribution >= 0.6 is 0 Å². The second-order valence-electron chi connectivity index (χ2n) is 9.68. The van der Waals surface area contributed by atoms with Gasteiger partial charge in [-0.15, -0.1) is 0 Å². The molecule has 0 bridgehead atoms. The van der Waals surface area contributed by atoms with Crippen LogP contribution in [0.4, 0.5) is 0 Å². The molecule has 1 fully saturated rings. The topological polar surface area (TPSA) is 138 Å². The van der Waals surface area contributed by atoms with Crippen LogP contribution in [-0.4, -0.2) is 65.5 Å². The first kappa shape index (κ1) is 27.3. The predicted molar refractivity (Wildman–Crippen MR) is 142 cm³/mol. The van der Waals surface area contributed by atoms with Crippen molar-refractivity contribution in [1.82, 2.24) is 24.9 Å². The van der Waals surface area contributed by atoms with Crippen molar-refractivity contribution in [2.45, 2.75) is 50.2 Å². The third kappa shape index (κ3) is 6.05. The van der Waals surface area contributed by atoms with Gasteiger partial charge < -0.3 is 10.6 Å². The van der Waals surface area contributed by atoms with Crippen molar-refractivity contribution in [1.29, 1.82) is 0 Å². The van der Waals surface area contributed by atoms with E-state index in [9.17, 15) is 22.8 Å². The first-order chi connectivity index (χ1) is 18.2. The number of carbonyl (C=O) groups excluding carboxylic acids is 3. The van der Waals surface area contributed by atoms with E-state index in [0.29, 0.717) is 17.3 Å². The molecule has 1 aliphatic heterocycles. The monoisotopic (exact) mass is 537 g/mol. The van der Waals surface area contributed by atoms with Crippen molar-refractivity contribution < 1.29 is 22.8 Å². The molecule has 2 amide bonds. The maximum Gasteiger partial charge on any atom is 0.284 e. The largest absolute Gasteiger partial charge is 0.339 e. The lowest BCUT2D eigenvalue weighted by Gasteiger charge is -2.32. The maximum absolute atomic E-state index is 14.0. The highest BCUT2D eigenvalue weighted by atomic mass is 32.2. The van der Waals surface area contributed by atoms with Gasteiger partial charge in [0.25, 0.3) is 21.8 Å². The van der Waals surface area contributed by atoms with Gasteiger partial charge in [0.2, 0.25) is 0 Å². The summed E-state index contributed by atoms with van der Waals surface area (Å²) in [5.41, 5.74) is 0.0964. The molecule has 1 saturated heterocycles. The SMILES string of the molecule is CC(C)CC(NC(=O)c1cc2ccccc2cn1)C(=O)N([C@H]1CCCNCC1=O)S(=O)(=O)c1ccccn1. The van der Waals surface area contributed by atoms with Crippen molar-refractivity contribution >= 4 is 38.4 Å². The summed E-state index contributed by atoms with van der Waals surface area (Å²) in [6.45, 7) is 4.18. The summed E-state index contributed by atoms with van der Waals surface area (Å²) in [6.07, 6.45) is 3.70. The van der Waals surface area contributed by atoms with E-state index in [1.54, 1.807) is 18.3 Å². The van der Waals surface area contributed by atoms with Gasteiger partial charge in [-0.2, -0.15) is 8.42 Å². The van der Waals surface area contributed by atoms with E-state index in [1.165, 1.54) is 18.3 Å². The van der Waals surface area contributed by atoms with E-state index in [-0.39, 0.29) is 36.0 Å². The lowest BCUT2D eigenvalue weighted by Crippen LogP contribution is -2.56. The smallest absolute Gasteiger partial charge is 0.284 e. The molecule has 1 aliphatic rings. The third-order valence-electron chi connectivity index (χ3n) is 6.34. The summed E-state index contributed by atoms with van der Waals surface area (Å²) in [6, 6.07) is 11.0. The van der Waals surface area contributed by atoms with Crippen LogP contribution in [-0.2, 0) is 19.6 Å². The average molecular weight is 538 g/mol. The minimum absolute atomic E-state index is 0.0611. The highest BCUT2D eigenvalue weighted by Gasteiger charge is 2.43. The lowest BCUT2D eigenvalue weighted by atomic mass is 10.0. The summed E-state index contributed by atoms with van der Waals surface area (Å²) in [7, 11) is -4.50. The van der Waals surface area contributed by atoms with Crippen LogP contribution in [0.1, 0.15) is 43.6 Å². The molecule has 4 rings (SSSR count). The van der Waals surface area contributed by atoms with Gasteiger partial charge >= 0.3 is 0 Å². The Morgan fingerprint density at radius 3 is 2.55 bits per heavy atom. The fourth-order valence-electron chi connectivity index (χ4n) is 4.49. The Bertz CT molecular complexity index is 1430. The highest BCUT2D eigenvalue weighted by Crippen LogP contribution is 2.24. The first-order valence-electron chi connectivity index (χ1n) is 12.6. The Kier molecular flexibility index (Phi) is 8.48. The van der Waals surface area contributed by atoms with Crippen LogP contribution in [0.25, 0.3) is 10.8 Å². The van der Waals surface area contributed by atoms with E-state index < -0.39 is 39.7 Å². The van der Waals surface area contributed by atoms with E-state index in [0.717, 1.165) is 10.8 Å². The van der Waals surface area contributed by atoms with Gasteiger partial charge in [0.15, 0.2) is 10.8 Å². The second-order valence-corrected chi connectivity index (χ2v) is 11.4. The van der Waals surface area contributed by atoms with Gasteiger partial charge in [-0.1, -0.05) is 44.2 Å². The molecule has 0 radical (unpaired) electrons. The molecule has 2 atom stereocenters. The Balaban J connectivity index is 1.71. The number of amides is 2. The number of benzene rings is 1. The Labute approximate surface area is 221 Å². The first-order valence-corrected chi connectivity index (χ1v) is 14.0. The number of carbonyl (C=O) groups is 3. The zero-order valence-corrected chi connectivity index (χ0v) is 22.1. The van der Waals surface area contributed by atoms with E-state index >= 15 is 0 Å². The maximum atomic E-state index is 14.0. The predicted octanol–water partition coefficient (Wildman–Crippen LogP) is 2.31. The molecule has 0 spiro atoms.